The van der Waals surface area contributed by atoms with Crippen molar-refractivity contribution in [3.63, 3.8) is 0 Å². The third-order valence-electron chi connectivity index (χ3n) is 3.34. The molecule has 1 amide bonds. The summed E-state index contributed by atoms with van der Waals surface area (Å²) >= 11 is 3.38. The highest BCUT2D eigenvalue weighted by Gasteiger charge is 2.14. The largest absolute Gasteiger partial charge is 0.493 e. The van der Waals surface area contributed by atoms with Gasteiger partial charge >= 0.3 is 0 Å². The van der Waals surface area contributed by atoms with Crippen molar-refractivity contribution in [3.05, 3.63) is 57.8 Å². The Morgan fingerprint density at radius 1 is 1.38 bits per heavy atom. The zero-order valence-corrected chi connectivity index (χ0v) is 15.8. The number of carbonyl (C=O) groups excluding carboxylic acids is 1. The van der Waals surface area contributed by atoms with Crippen LogP contribution in [0.5, 0.6) is 11.5 Å². The van der Waals surface area contributed by atoms with Crippen molar-refractivity contribution in [2.24, 2.45) is 0 Å². The van der Waals surface area contributed by atoms with E-state index in [1.807, 2.05) is 13.0 Å². The van der Waals surface area contributed by atoms with Crippen molar-refractivity contribution < 1.29 is 18.7 Å². The molecule has 1 N–H and O–H groups in total. The number of nitrogens with zero attached hydrogens (tertiary/aromatic N) is 1. The average Bonchev–Trinajstić information content (AvgIpc) is 2.63. The molecule has 0 aliphatic rings. The van der Waals surface area contributed by atoms with Gasteiger partial charge in [0, 0.05) is 0 Å². The summed E-state index contributed by atoms with van der Waals surface area (Å²) in [5, 5.41) is 11.7. The van der Waals surface area contributed by atoms with Crippen LogP contribution in [-0.2, 0) is 4.79 Å². The van der Waals surface area contributed by atoms with Gasteiger partial charge in [0.25, 0.3) is 5.91 Å². The van der Waals surface area contributed by atoms with Gasteiger partial charge in [0.15, 0.2) is 11.5 Å². The molecule has 0 aromatic heterocycles. The van der Waals surface area contributed by atoms with Gasteiger partial charge in [0.2, 0.25) is 0 Å². The smallest absolute Gasteiger partial charge is 0.266 e. The Morgan fingerprint density at radius 2 is 2.12 bits per heavy atom. The lowest BCUT2D eigenvalue weighted by Crippen LogP contribution is -2.14. The molecular weight excluding hydrogens is 403 g/mol. The number of nitrogens with one attached hydrogen (secondary N) is 1. The fraction of sp³-hybridized carbons (Fsp3) is 0.158. The standard InChI is InChI=1S/C19H16BrFN2O3/c1-3-26-18-14(20)9-12(10-17(18)25-2)8-13(11-22)19(24)23-16-7-5-4-6-15(16)21/h4-10H,3H2,1-2H3,(H,23,24)/b13-8+. The zero-order chi connectivity index (χ0) is 19.1. The molecule has 0 bridgehead atoms. The van der Waals surface area contributed by atoms with E-state index in [0.717, 1.165) is 0 Å². The van der Waals surface area contributed by atoms with Crippen LogP contribution < -0.4 is 14.8 Å². The minimum absolute atomic E-state index is 0.00380. The summed E-state index contributed by atoms with van der Waals surface area (Å²) in [5.41, 5.74) is 0.382. The first-order chi connectivity index (χ1) is 12.5. The first kappa shape index (κ1) is 19.5. The van der Waals surface area contributed by atoms with Gasteiger partial charge in [0.1, 0.15) is 17.5 Å². The van der Waals surface area contributed by atoms with Gasteiger partial charge in [-0.2, -0.15) is 5.26 Å². The fourth-order valence-corrected chi connectivity index (χ4v) is 2.75. The third kappa shape index (κ3) is 4.61. The molecule has 0 saturated carbocycles. The van der Waals surface area contributed by atoms with Gasteiger partial charge in [-0.3, -0.25) is 4.79 Å². The van der Waals surface area contributed by atoms with Crippen LogP contribution >= 0.6 is 15.9 Å². The van der Waals surface area contributed by atoms with Gasteiger partial charge < -0.3 is 14.8 Å². The van der Waals surface area contributed by atoms with Crippen LogP contribution in [0.25, 0.3) is 6.08 Å². The van der Waals surface area contributed by atoms with Crippen molar-refractivity contribution in [3.8, 4) is 17.6 Å². The Bertz CT molecular complexity index is 891. The number of hydrogen-bond acceptors (Lipinski definition) is 4. The van der Waals surface area contributed by atoms with Gasteiger partial charge in [-0.15, -0.1) is 0 Å². The SMILES string of the molecule is CCOc1c(Br)cc(/C=C(\C#N)C(=O)Nc2ccccc2F)cc1OC. The molecule has 2 aromatic rings. The van der Waals surface area contributed by atoms with Crippen molar-refractivity contribution in [1.82, 2.24) is 0 Å². The van der Waals surface area contributed by atoms with E-state index in [1.165, 1.54) is 31.4 Å². The summed E-state index contributed by atoms with van der Waals surface area (Å²) in [6.45, 7) is 2.30. The molecule has 0 heterocycles. The van der Waals surface area contributed by atoms with E-state index < -0.39 is 11.7 Å². The minimum Gasteiger partial charge on any atom is -0.493 e. The van der Waals surface area contributed by atoms with Crippen LogP contribution in [0, 0.1) is 17.1 Å². The first-order valence-corrected chi connectivity index (χ1v) is 8.47. The molecule has 134 valence electrons. The van der Waals surface area contributed by atoms with Crippen molar-refractivity contribution in [2.45, 2.75) is 6.92 Å². The van der Waals surface area contributed by atoms with Gasteiger partial charge in [-0.25, -0.2) is 4.39 Å². The highest BCUT2D eigenvalue weighted by molar-refractivity contribution is 9.10. The number of para-hydroxylation sites is 1. The Labute approximate surface area is 159 Å². The van der Waals surface area contributed by atoms with E-state index >= 15 is 0 Å². The molecule has 0 atom stereocenters. The molecule has 0 unspecified atom stereocenters. The maximum Gasteiger partial charge on any atom is 0.266 e. The fourth-order valence-electron chi connectivity index (χ4n) is 2.18. The van der Waals surface area contributed by atoms with Crippen molar-refractivity contribution in [1.29, 1.82) is 5.26 Å². The van der Waals surface area contributed by atoms with Crippen LogP contribution in [0.4, 0.5) is 10.1 Å². The zero-order valence-electron chi connectivity index (χ0n) is 14.2. The quantitative estimate of drug-likeness (QED) is 0.551. The second kappa shape index (κ2) is 9.02. The lowest BCUT2D eigenvalue weighted by molar-refractivity contribution is -0.112. The molecule has 0 saturated heterocycles. The minimum atomic E-state index is -0.707. The number of halogens is 2. The monoisotopic (exact) mass is 418 g/mol. The van der Waals surface area contributed by atoms with Crippen LogP contribution in [0.1, 0.15) is 12.5 Å². The maximum atomic E-state index is 13.7. The third-order valence-corrected chi connectivity index (χ3v) is 3.93. The summed E-state index contributed by atoms with van der Waals surface area (Å²) < 4.78 is 25.1. The Morgan fingerprint density at radius 3 is 2.73 bits per heavy atom. The second-order valence-corrected chi connectivity index (χ2v) is 5.93. The van der Waals surface area contributed by atoms with E-state index in [-0.39, 0.29) is 11.3 Å². The predicted octanol–water partition coefficient (Wildman–Crippen LogP) is 4.54. The normalized spacial score (nSPS) is 10.8. The van der Waals surface area contributed by atoms with Crippen LogP contribution in [0.2, 0.25) is 0 Å². The van der Waals surface area contributed by atoms with Gasteiger partial charge in [0.05, 0.1) is 23.9 Å². The molecule has 26 heavy (non-hydrogen) atoms. The summed E-state index contributed by atoms with van der Waals surface area (Å²) in [4.78, 5) is 12.3. The molecule has 0 aliphatic heterocycles. The van der Waals surface area contributed by atoms with E-state index in [0.29, 0.717) is 28.1 Å². The molecule has 2 rings (SSSR count). The number of methoxy groups -OCH3 is 1. The number of amides is 1. The Kier molecular flexibility index (Phi) is 6.75. The Hall–Kier alpha value is -2.85. The van der Waals surface area contributed by atoms with E-state index in [9.17, 15) is 14.4 Å². The summed E-state index contributed by atoms with van der Waals surface area (Å²) in [7, 11) is 1.49. The van der Waals surface area contributed by atoms with Crippen LogP contribution in [0.3, 0.4) is 0 Å². The number of carbonyl (C=O) groups is 1. The number of anilines is 1. The van der Waals surface area contributed by atoms with Crippen molar-refractivity contribution in [2.75, 3.05) is 19.0 Å². The molecule has 0 spiro atoms. The maximum absolute atomic E-state index is 13.7. The molecule has 0 radical (unpaired) electrons. The summed E-state index contributed by atoms with van der Waals surface area (Å²) in [6.07, 6.45) is 1.39. The lowest BCUT2D eigenvalue weighted by atomic mass is 10.1. The summed E-state index contributed by atoms with van der Waals surface area (Å²) in [5.74, 6) is -0.300. The van der Waals surface area contributed by atoms with Crippen LogP contribution in [0.15, 0.2) is 46.4 Å². The van der Waals surface area contributed by atoms with E-state index in [4.69, 9.17) is 9.47 Å². The molecule has 7 heteroatoms. The first-order valence-electron chi connectivity index (χ1n) is 7.68. The van der Waals surface area contributed by atoms with Crippen LogP contribution in [-0.4, -0.2) is 19.6 Å². The molecule has 2 aromatic carbocycles. The second-order valence-electron chi connectivity index (χ2n) is 5.07. The Balaban J connectivity index is 2.34. The van der Waals surface area contributed by atoms with Gasteiger partial charge in [-0.1, -0.05) is 12.1 Å². The van der Waals surface area contributed by atoms with E-state index in [1.54, 1.807) is 18.2 Å². The topological polar surface area (TPSA) is 71.3 Å². The molecule has 5 nitrogen and oxygen atoms in total. The summed E-state index contributed by atoms with van der Waals surface area (Å²) in [6, 6.07) is 10.9. The predicted molar refractivity (Wildman–Crippen MR) is 100 cm³/mol. The molecular formula is C19H16BrFN2O3. The number of benzene rings is 2. The van der Waals surface area contributed by atoms with Crippen molar-refractivity contribution >= 4 is 33.6 Å². The number of nitriles is 1. The number of hydrogen-bond donors (Lipinski definition) is 1. The van der Waals surface area contributed by atoms with E-state index in [2.05, 4.69) is 21.2 Å². The lowest BCUT2D eigenvalue weighted by Gasteiger charge is -2.12. The number of rotatable bonds is 6. The highest BCUT2D eigenvalue weighted by Crippen LogP contribution is 2.37. The van der Waals surface area contributed by atoms with Gasteiger partial charge in [-0.05, 0) is 58.8 Å². The molecule has 0 fully saturated rings. The molecule has 0 aliphatic carbocycles. The number of ether oxygens (including phenoxy) is 2. The highest BCUT2D eigenvalue weighted by atomic mass is 79.9. The average molecular weight is 419 g/mol.